The minimum absolute atomic E-state index is 0.0275. The Kier molecular flexibility index (Phi) is 10.5. The van der Waals surface area contributed by atoms with Crippen molar-refractivity contribution >= 4 is 57.0 Å². The molecule has 0 bridgehead atoms. The van der Waals surface area contributed by atoms with Crippen molar-refractivity contribution in [1.29, 1.82) is 0 Å². The second-order valence-corrected chi connectivity index (χ2v) is 12.9. The Bertz CT molecular complexity index is 1440. The summed E-state index contributed by atoms with van der Waals surface area (Å²) < 4.78 is 17.8. The summed E-state index contributed by atoms with van der Waals surface area (Å²) in [5.41, 5.74) is 4.27. The van der Waals surface area contributed by atoms with Crippen LogP contribution in [0, 0.1) is 3.57 Å². The van der Waals surface area contributed by atoms with E-state index in [1.54, 1.807) is 37.5 Å². The lowest BCUT2D eigenvalue weighted by Crippen LogP contribution is -2.36. The van der Waals surface area contributed by atoms with Crippen LogP contribution in [0.4, 0.5) is 5.00 Å². The number of halogens is 1. The average Bonchev–Trinajstić information content (AvgIpc) is 3.38. The van der Waals surface area contributed by atoms with E-state index >= 15 is 0 Å². The number of carbonyl (C=O) groups is 2. The first-order valence-corrected chi connectivity index (χ1v) is 16.6. The van der Waals surface area contributed by atoms with Gasteiger partial charge in [0.2, 0.25) is 0 Å². The second kappa shape index (κ2) is 14.5. The highest BCUT2D eigenvalue weighted by Crippen LogP contribution is 2.40. The monoisotopic (exact) mass is 700 g/mol. The van der Waals surface area contributed by atoms with E-state index in [1.165, 1.54) is 29.7 Å². The minimum atomic E-state index is -0.335. The van der Waals surface area contributed by atoms with Crippen LogP contribution in [-0.2, 0) is 24.2 Å². The summed E-state index contributed by atoms with van der Waals surface area (Å²) >= 11 is 3.90. The van der Waals surface area contributed by atoms with Crippen LogP contribution in [0.5, 0.6) is 11.5 Å². The molecule has 0 aliphatic heterocycles. The van der Waals surface area contributed by atoms with Gasteiger partial charge < -0.3 is 19.5 Å². The third kappa shape index (κ3) is 7.34. The van der Waals surface area contributed by atoms with Gasteiger partial charge >= 0.3 is 5.97 Å². The first kappa shape index (κ1) is 30.5. The van der Waals surface area contributed by atoms with Crippen molar-refractivity contribution in [2.24, 2.45) is 4.99 Å². The summed E-state index contributed by atoms with van der Waals surface area (Å²) in [6.07, 6.45) is 11.8. The van der Waals surface area contributed by atoms with Gasteiger partial charge in [0.05, 0.1) is 28.4 Å². The van der Waals surface area contributed by atoms with Crippen LogP contribution in [0.25, 0.3) is 0 Å². The van der Waals surface area contributed by atoms with Crippen molar-refractivity contribution in [3.05, 3.63) is 72.7 Å². The number of nitrogens with one attached hydrogen (secondary N) is 1. The van der Waals surface area contributed by atoms with Crippen molar-refractivity contribution in [3.63, 3.8) is 0 Å². The summed E-state index contributed by atoms with van der Waals surface area (Å²) in [6, 6.07) is 11.4. The molecule has 0 unspecified atom stereocenters. The standard InChI is InChI=1S/C33H37IN2O5S/c1-3-40-33(38)23-15-13-21(14-16-23)20-41-30-26(34)17-22(18-27(30)39-2)19-35-32-29(25-11-7-8-12-28(25)42-32)31(37)36-24-9-5-4-6-10-24/h13-19,24H,3-12,20H2,1-2H3,(H,36,37). The molecule has 1 aromatic heterocycles. The van der Waals surface area contributed by atoms with E-state index < -0.39 is 0 Å². The zero-order valence-corrected chi connectivity index (χ0v) is 27.1. The van der Waals surface area contributed by atoms with E-state index in [1.807, 2.05) is 30.5 Å². The number of aryl methyl sites for hydroxylation is 1. The number of hydrogen-bond donors (Lipinski definition) is 1. The van der Waals surface area contributed by atoms with Gasteiger partial charge in [-0.25, -0.2) is 9.79 Å². The molecule has 1 amide bonds. The number of amides is 1. The van der Waals surface area contributed by atoms with Crippen molar-refractivity contribution in [3.8, 4) is 11.5 Å². The smallest absolute Gasteiger partial charge is 0.338 e. The highest BCUT2D eigenvalue weighted by atomic mass is 127. The number of fused-ring (bicyclic) bond motifs is 1. The highest BCUT2D eigenvalue weighted by Gasteiger charge is 2.27. The molecule has 222 valence electrons. The molecule has 2 aliphatic carbocycles. The molecule has 7 nitrogen and oxygen atoms in total. The predicted molar refractivity (Wildman–Crippen MR) is 175 cm³/mol. The molecule has 1 fully saturated rings. The summed E-state index contributed by atoms with van der Waals surface area (Å²) in [6.45, 7) is 2.45. The molecule has 1 heterocycles. The number of hydrogen-bond acceptors (Lipinski definition) is 7. The maximum atomic E-state index is 13.5. The molecule has 0 spiro atoms. The van der Waals surface area contributed by atoms with Crippen LogP contribution < -0.4 is 14.8 Å². The first-order chi connectivity index (χ1) is 20.5. The molecule has 3 aromatic rings. The minimum Gasteiger partial charge on any atom is -0.493 e. The predicted octanol–water partition coefficient (Wildman–Crippen LogP) is 7.81. The summed E-state index contributed by atoms with van der Waals surface area (Å²) in [5.74, 6) is 0.939. The maximum Gasteiger partial charge on any atom is 0.338 e. The molecular formula is C33H37IN2O5S. The topological polar surface area (TPSA) is 86.2 Å². The number of aliphatic imine (C=N–C) groups is 1. The third-order valence-corrected chi connectivity index (χ3v) is 9.75. The molecule has 2 aromatic carbocycles. The van der Waals surface area contributed by atoms with Crippen LogP contribution in [0.3, 0.4) is 0 Å². The molecule has 0 atom stereocenters. The normalized spacial score (nSPS) is 15.3. The van der Waals surface area contributed by atoms with Gasteiger partial charge in [0.25, 0.3) is 5.91 Å². The fourth-order valence-electron chi connectivity index (χ4n) is 5.58. The Hall–Kier alpha value is -2.92. The Balaban J connectivity index is 1.32. The van der Waals surface area contributed by atoms with Gasteiger partial charge in [-0.05, 0) is 109 Å². The average molecular weight is 701 g/mol. The van der Waals surface area contributed by atoms with Gasteiger partial charge in [-0.2, -0.15) is 0 Å². The molecule has 2 aliphatic rings. The largest absolute Gasteiger partial charge is 0.493 e. The van der Waals surface area contributed by atoms with E-state index in [9.17, 15) is 9.59 Å². The molecule has 0 radical (unpaired) electrons. The summed E-state index contributed by atoms with van der Waals surface area (Å²) in [5, 5.41) is 4.11. The van der Waals surface area contributed by atoms with Crippen molar-refractivity contribution in [1.82, 2.24) is 5.32 Å². The van der Waals surface area contributed by atoms with Crippen molar-refractivity contribution < 1.29 is 23.8 Å². The van der Waals surface area contributed by atoms with Crippen LogP contribution in [-0.4, -0.2) is 37.8 Å². The van der Waals surface area contributed by atoms with Gasteiger partial charge in [-0.15, -0.1) is 11.3 Å². The van der Waals surface area contributed by atoms with E-state index in [4.69, 9.17) is 19.2 Å². The lowest BCUT2D eigenvalue weighted by Gasteiger charge is -2.23. The fourth-order valence-corrected chi connectivity index (χ4v) is 7.59. The molecular weight excluding hydrogens is 663 g/mol. The molecule has 0 saturated heterocycles. The number of methoxy groups -OCH3 is 1. The zero-order chi connectivity index (χ0) is 29.5. The summed E-state index contributed by atoms with van der Waals surface area (Å²) in [4.78, 5) is 31.6. The lowest BCUT2D eigenvalue weighted by atomic mass is 9.93. The van der Waals surface area contributed by atoms with E-state index in [2.05, 4.69) is 27.9 Å². The van der Waals surface area contributed by atoms with Gasteiger partial charge in [-0.1, -0.05) is 31.4 Å². The Morgan fingerprint density at radius 2 is 1.83 bits per heavy atom. The van der Waals surface area contributed by atoms with Crippen molar-refractivity contribution in [2.75, 3.05) is 13.7 Å². The number of thiophene rings is 1. The Morgan fingerprint density at radius 1 is 1.07 bits per heavy atom. The number of esters is 1. The van der Waals surface area contributed by atoms with Gasteiger partial charge in [0.15, 0.2) is 11.5 Å². The molecule has 5 rings (SSSR count). The molecule has 42 heavy (non-hydrogen) atoms. The number of nitrogens with zero attached hydrogens (tertiary/aromatic N) is 1. The van der Waals surface area contributed by atoms with Crippen LogP contribution in [0.15, 0.2) is 41.4 Å². The molecule has 9 heteroatoms. The van der Waals surface area contributed by atoms with Gasteiger partial charge in [0, 0.05) is 17.1 Å². The SMILES string of the molecule is CCOC(=O)c1ccc(COc2c(I)cc(C=Nc3sc4c(c3C(=O)NC3CCCCC3)CCCC4)cc2OC)cc1. The first-order valence-electron chi connectivity index (χ1n) is 14.7. The number of benzene rings is 2. The quantitative estimate of drug-likeness (QED) is 0.133. The van der Waals surface area contributed by atoms with Crippen LogP contribution in [0.2, 0.25) is 0 Å². The fraction of sp³-hybridized carbons (Fsp3) is 0.424. The summed E-state index contributed by atoms with van der Waals surface area (Å²) in [7, 11) is 1.62. The van der Waals surface area contributed by atoms with Crippen LogP contribution >= 0.6 is 33.9 Å². The Labute approximate surface area is 265 Å². The Morgan fingerprint density at radius 3 is 2.57 bits per heavy atom. The van der Waals surface area contributed by atoms with Gasteiger partial charge in [-0.3, -0.25) is 4.79 Å². The lowest BCUT2D eigenvalue weighted by molar-refractivity contribution is 0.0526. The number of ether oxygens (including phenoxy) is 3. The second-order valence-electron chi connectivity index (χ2n) is 10.7. The molecule has 1 N–H and O–H groups in total. The van der Waals surface area contributed by atoms with E-state index in [0.717, 1.165) is 63.8 Å². The number of carbonyl (C=O) groups excluding carboxylic acids is 2. The number of rotatable bonds is 10. The van der Waals surface area contributed by atoms with Gasteiger partial charge in [0.1, 0.15) is 11.6 Å². The third-order valence-electron chi connectivity index (χ3n) is 7.75. The highest BCUT2D eigenvalue weighted by molar-refractivity contribution is 14.1. The van der Waals surface area contributed by atoms with Crippen molar-refractivity contribution in [2.45, 2.75) is 77.4 Å². The maximum absolute atomic E-state index is 13.5. The van der Waals surface area contributed by atoms with Crippen LogP contribution in [0.1, 0.15) is 94.2 Å². The van der Waals surface area contributed by atoms with E-state index in [0.29, 0.717) is 30.3 Å². The zero-order valence-electron chi connectivity index (χ0n) is 24.2. The molecule has 1 saturated carbocycles. The van der Waals surface area contributed by atoms with E-state index in [-0.39, 0.29) is 17.9 Å².